The van der Waals surface area contributed by atoms with Gasteiger partial charge >= 0.3 is 0 Å². The van der Waals surface area contributed by atoms with Gasteiger partial charge in [-0.2, -0.15) is 5.10 Å². The number of anilines is 1. The highest BCUT2D eigenvalue weighted by molar-refractivity contribution is 9.11. The van der Waals surface area contributed by atoms with Crippen molar-refractivity contribution in [2.45, 2.75) is 0 Å². The lowest BCUT2D eigenvalue weighted by Gasteiger charge is -2.11. The summed E-state index contributed by atoms with van der Waals surface area (Å²) in [5, 5.41) is 7.30. The lowest BCUT2D eigenvalue weighted by molar-refractivity contribution is -0.118. The van der Waals surface area contributed by atoms with Crippen molar-refractivity contribution in [3.8, 4) is 11.5 Å². The fourth-order valence-corrected chi connectivity index (χ4v) is 4.23. The molecular weight excluding hydrogens is 578 g/mol. The Morgan fingerprint density at radius 2 is 1.76 bits per heavy atom. The van der Waals surface area contributed by atoms with Crippen molar-refractivity contribution in [2.24, 2.45) is 5.10 Å². The van der Waals surface area contributed by atoms with Gasteiger partial charge in [-0.05, 0) is 92.0 Å². The summed E-state index contributed by atoms with van der Waals surface area (Å²) in [6, 6.07) is 17.0. The molecule has 2 N–H and O–H groups in total. The van der Waals surface area contributed by atoms with Crippen LogP contribution >= 0.6 is 43.5 Å². The largest absolute Gasteiger partial charge is 0.497 e. The van der Waals surface area contributed by atoms with E-state index in [1.807, 2.05) is 0 Å². The van der Waals surface area contributed by atoms with Crippen LogP contribution in [0, 0.1) is 0 Å². The van der Waals surface area contributed by atoms with Crippen molar-refractivity contribution in [1.29, 1.82) is 0 Å². The van der Waals surface area contributed by atoms with Crippen LogP contribution in [0.4, 0.5) is 5.69 Å². The summed E-state index contributed by atoms with van der Waals surface area (Å²) in [6.07, 6.45) is 1.49. The highest BCUT2D eigenvalue weighted by atomic mass is 79.9. The molecule has 33 heavy (non-hydrogen) atoms. The van der Waals surface area contributed by atoms with E-state index in [-0.39, 0.29) is 18.4 Å². The van der Waals surface area contributed by atoms with E-state index in [9.17, 15) is 9.59 Å². The van der Waals surface area contributed by atoms with Crippen molar-refractivity contribution in [2.75, 3.05) is 19.0 Å². The normalized spacial score (nSPS) is 10.7. The Labute approximate surface area is 212 Å². The number of hydrazone groups is 1. The lowest BCUT2D eigenvalue weighted by Crippen LogP contribution is -2.20. The number of hydrogen-bond acceptors (Lipinski definition) is 5. The SMILES string of the molecule is COc1cccc(C(=O)N/N=C/c2cc(Br)c(OCC(=O)Nc3ccc(Cl)cc3)c(Br)c2)c1. The van der Waals surface area contributed by atoms with Gasteiger partial charge in [-0.1, -0.05) is 17.7 Å². The lowest BCUT2D eigenvalue weighted by atomic mass is 10.2. The first kappa shape index (κ1) is 24.8. The first-order valence-electron chi connectivity index (χ1n) is 9.50. The topological polar surface area (TPSA) is 89.0 Å². The molecule has 0 aliphatic rings. The maximum Gasteiger partial charge on any atom is 0.271 e. The zero-order valence-electron chi connectivity index (χ0n) is 17.3. The van der Waals surface area contributed by atoms with E-state index >= 15 is 0 Å². The van der Waals surface area contributed by atoms with Crippen LogP contribution in [-0.4, -0.2) is 31.7 Å². The van der Waals surface area contributed by atoms with Crippen LogP contribution in [0.15, 0.2) is 74.7 Å². The van der Waals surface area contributed by atoms with Crippen LogP contribution in [0.1, 0.15) is 15.9 Å². The minimum Gasteiger partial charge on any atom is -0.497 e. The Bertz CT molecular complexity index is 1160. The number of hydrogen-bond donors (Lipinski definition) is 2. The quantitative estimate of drug-likeness (QED) is 0.260. The molecule has 2 amide bonds. The third-order valence-electron chi connectivity index (χ3n) is 4.21. The van der Waals surface area contributed by atoms with E-state index in [0.717, 1.165) is 0 Å². The van der Waals surface area contributed by atoms with E-state index in [1.54, 1.807) is 60.7 Å². The Morgan fingerprint density at radius 3 is 2.42 bits per heavy atom. The maximum absolute atomic E-state index is 12.2. The molecule has 0 aromatic heterocycles. The molecule has 3 rings (SSSR count). The molecule has 0 aliphatic carbocycles. The van der Waals surface area contributed by atoms with Crippen LogP contribution in [0.3, 0.4) is 0 Å². The van der Waals surface area contributed by atoms with E-state index < -0.39 is 0 Å². The van der Waals surface area contributed by atoms with Crippen molar-refractivity contribution >= 4 is 67.2 Å². The second kappa shape index (κ2) is 11.8. The zero-order valence-corrected chi connectivity index (χ0v) is 21.2. The number of methoxy groups -OCH3 is 1. The van der Waals surface area contributed by atoms with Gasteiger partial charge < -0.3 is 14.8 Å². The molecule has 0 unspecified atom stereocenters. The van der Waals surface area contributed by atoms with Gasteiger partial charge in [-0.3, -0.25) is 9.59 Å². The third kappa shape index (κ3) is 7.31. The van der Waals surface area contributed by atoms with Gasteiger partial charge in [0.1, 0.15) is 11.5 Å². The summed E-state index contributed by atoms with van der Waals surface area (Å²) in [4.78, 5) is 24.4. The number of carbonyl (C=O) groups excluding carboxylic acids is 2. The predicted molar refractivity (Wildman–Crippen MR) is 135 cm³/mol. The summed E-state index contributed by atoms with van der Waals surface area (Å²) < 4.78 is 12.0. The second-order valence-electron chi connectivity index (χ2n) is 6.59. The van der Waals surface area contributed by atoms with Gasteiger partial charge in [0.25, 0.3) is 11.8 Å². The molecular formula is C23H18Br2ClN3O4. The number of ether oxygens (including phenoxy) is 2. The van der Waals surface area contributed by atoms with E-state index in [0.29, 0.717) is 42.3 Å². The molecule has 10 heteroatoms. The van der Waals surface area contributed by atoms with E-state index in [1.165, 1.54) is 13.3 Å². The van der Waals surface area contributed by atoms with Crippen LogP contribution in [0.5, 0.6) is 11.5 Å². The summed E-state index contributed by atoms with van der Waals surface area (Å²) in [6.45, 7) is -0.191. The first-order chi connectivity index (χ1) is 15.9. The molecule has 0 radical (unpaired) electrons. The number of nitrogens with zero attached hydrogens (tertiary/aromatic N) is 1. The van der Waals surface area contributed by atoms with Crippen LogP contribution in [-0.2, 0) is 4.79 Å². The molecule has 3 aromatic carbocycles. The van der Waals surface area contributed by atoms with E-state index in [4.69, 9.17) is 21.1 Å². The number of amides is 2. The van der Waals surface area contributed by atoms with Crippen LogP contribution < -0.4 is 20.2 Å². The van der Waals surface area contributed by atoms with Gasteiger partial charge in [0, 0.05) is 16.3 Å². The maximum atomic E-state index is 12.2. The minimum absolute atomic E-state index is 0.191. The van der Waals surface area contributed by atoms with Gasteiger partial charge in [-0.25, -0.2) is 5.43 Å². The van der Waals surface area contributed by atoms with Gasteiger partial charge in [-0.15, -0.1) is 0 Å². The molecule has 3 aromatic rings. The van der Waals surface area contributed by atoms with Gasteiger partial charge in [0.05, 0.1) is 22.3 Å². The number of benzene rings is 3. The van der Waals surface area contributed by atoms with Gasteiger partial charge in [0.15, 0.2) is 6.61 Å². The summed E-state index contributed by atoms with van der Waals surface area (Å²) in [5.41, 5.74) is 4.21. The zero-order chi connectivity index (χ0) is 23.8. The smallest absolute Gasteiger partial charge is 0.271 e. The molecule has 170 valence electrons. The average Bonchev–Trinajstić information content (AvgIpc) is 2.80. The van der Waals surface area contributed by atoms with E-state index in [2.05, 4.69) is 47.7 Å². The Balaban J connectivity index is 1.58. The Morgan fingerprint density at radius 1 is 1.06 bits per heavy atom. The van der Waals surface area contributed by atoms with Crippen LogP contribution in [0.25, 0.3) is 0 Å². The first-order valence-corrected chi connectivity index (χ1v) is 11.5. The van der Waals surface area contributed by atoms with Crippen molar-refractivity contribution in [3.63, 3.8) is 0 Å². The van der Waals surface area contributed by atoms with Crippen molar-refractivity contribution < 1.29 is 19.1 Å². The number of halogens is 3. The molecule has 0 saturated heterocycles. The second-order valence-corrected chi connectivity index (χ2v) is 8.73. The van der Waals surface area contributed by atoms with Crippen molar-refractivity contribution in [3.05, 3.63) is 85.8 Å². The number of nitrogens with one attached hydrogen (secondary N) is 2. The highest BCUT2D eigenvalue weighted by Crippen LogP contribution is 2.34. The monoisotopic (exact) mass is 593 g/mol. The predicted octanol–water partition coefficient (Wildman–Crippen LogP) is 5.66. The molecule has 0 aliphatic heterocycles. The Kier molecular flexibility index (Phi) is 8.87. The minimum atomic E-state index is -0.366. The summed E-state index contributed by atoms with van der Waals surface area (Å²) in [5.74, 6) is 0.354. The molecule has 0 bridgehead atoms. The Hall–Kier alpha value is -2.88. The standard InChI is InChI=1S/C23H18Br2ClN3O4/c1-32-18-4-2-3-15(11-18)23(31)29-27-12-14-9-19(24)22(20(25)10-14)33-13-21(30)28-17-7-5-16(26)6-8-17/h2-12H,13H2,1H3,(H,28,30)(H,29,31)/b27-12+. The van der Waals surface area contributed by atoms with Crippen LogP contribution in [0.2, 0.25) is 5.02 Å². The molecule has 0 atom stereocenters. The summed E-state index contributed by atoms with van der Waals surface area (Å²) in [7, 11) is 1.53. The van der Waals surface area contributed by atoms with Crippen molar-refractivity contribution in [1.82, 2.24) is 5.43 Å². The molecule has 0 heterocycles. The summed E-state index contributed by atoms with van der Waals surface area (Å²) >= 11 is 12.7. The third-order valence-corrected chi connectivity index (χ3v) is 5.64. The average molecular weight is 596 g/mol. The number of rotatable bonds is 8. The number of carbonyl (C=O) groups is 2. The molecule has 7 nitrogen and oxygen atoms in total. The van der Waals surface area contributed by atoms with Gasteiger partial charge in [0.2, 0.25) is 0 Å². The fraction of sp³-hybridized carbons (Fsp3) is 0.0870. The highest BCUT2D eigenvalue weighted by Gasteiger charge is 2.12. The molecule has 0 saturated carbocycles. The fourth-order valence-electron chi connectivity index (χ4n) is 2.65. The molecule has 0 spiro atoms. The molecule has 0 fully saturated rings.